The Bertz CT molecular complexity index is 294. The lowest BCUT2D eigenvalue weighted by Gasteiger charge is -2.25. The summed E-state index contributed by atoms with van der Waals surface area (Å²) in [5.41, 5.74) is 4.10. The first kappa shape index (κ1) is 8.61. The lowest BCUT2D eigenvalue weighted by molar-refractivity contribution is 0.358. The monoisotopic (exact) mass is 175 g/mol. The molecule has 0 saturated carbocycles. The summed E-state index contributed by atoms with van der Waals surface area (Å²) in [4.78, 5) is 3.42. The lowest BCUT2D eigenvalue weighted by atomic mass is 9.81. The predicted molar refractivity (Wildman–Crippen MR) is 56.6 cm³/mol. The number of hydrogen-bond acceptors (Lipinski definition) is 0. The summed E-state index contributed by atoms with van der Waals surface area (Å²) in [5, 5.41) is 0. The summed E-state index contributed by atoms with van der Waals surface area (Å²) in [6.07, 6.45) is 4.32. The second kappa shape index (κ2) is 3.06. The van der Waals surface area contributed by atoms with Crippen LogP contribution in [-0.4, -0.2) is 4.98 Å². The maximum atomic E-state index is 3.78. The molecule has 2 rings (SSSR count). The minimum absolute atomic E-state index is 0.809. The van der Waals surface area contributed by atoms with E-state index in [2.05, 4.69) is 31.5 Å². The molecular formula is C12H17N. The van der Waals surface area contributed by atoms with Crippen molar-refractivity contribution in [3.05, 3.63) is 29.6 Å². The van der Waals surface area contributed by atoms with E-state index in [1.807, 2.05) is 6.08 Å². The van der Waals surface area contributed by atoms with Crippen molar-refractivity contribution >= 4 is 6.08 Å². The molecule has 1 aromatic heterocycles. The third-order valence-corrected chi connectivity index (χ3v) is 3.27. The molecule has 13 heavy (non-hydrogen) atoms. The summed E-state index contributed by atoms with van der Waals surface area (Å²) in [6.45, 7) is 8.46. The minimum atomic E-state index is 0.809. The molecule has 70 valence electrons. The molecule has 2 unspecified atom stereocenters. The molecule has 1 N–H and O–H groups in total. The van der Waals surface area contributed by atoms with Crippen LogP contribution in [0.15, 0.2) is 12.6 Å². The molecule has 1 heteroatoms. The summed E-state index contributed by atoms with van der Waals surface area (Å²) in [7, 11) is 0. The molecule has 0 radical (unpaired) electrons. The Labute approximate surface area is 79.9 Å². The van der Waals surface area contributed by atoms with E-state index in [0.717, 1.165) is 11.8 Å². The second-order valence-corrected chi connectivity index (χ2v) is 4.30. The molecular weight excluding hydrogens is 158 g/mol. The van der Waals surface area contributed by atoms with Crippen LogP contribution in [0.25, 0.3) is 6.08 Å². The van der Waals surface area contributed by atoms with E-state index < -0.39 is 0 Å². The Hall–Kier alpha value is -0.980. The smallest absolute Gasteiger partial charge is 0.0379 e. The van der Waals surface area contributed by atoms with Crippen molar-refractivity contribution in [1.29, 1.82) is 0 Å². The van der Waals surface area contributed by atoms with E-state index >= 15 is 0 Å². The fraction of sp³-hybridized carbons (Fsp3) is 0.500. The predicted octanol–water partition coefficient (Wildman–Crippen LogP) is 3.03. The molecule has 0 spiro atoms. The molecule has 2 atom stereocenters. The maximum Gasteiger partial charge on any atom is 0.0379 e. The lowest BCUT2D eigenvalue weighted by Crippen LogP contribution is -2.19. The molecule has 1 aliphatic carbocycles. The van der Waals surface area contributed by atoms with Crippen LogP contribution in [0.5, 0.6) is 0 Å². The quantitative estimate of drug-likeness (QED) is 0.675. The Morgan fingerprint density at radius 1 is 1.38 bits per heavy atom. The summed E-state index contributed by atoms with van der Waals surface area (Å²) in [5.74, 6) is 1.63. The Morgan fingerprint density at radius 2 is 2.08 bits per heavy atom. The number of H-pyrrole nitrogens is 1. The molecule has 1 nitrogen and oxygen atoms in total. The molecule has 0 aliphatic heterocycles. The number of aromatic amines is 1. The van der Waals surface area contributed by atoms with Gasteiger partial charge in [-0.1, -0.05) is 20.4 Å². The molecule has 0 aromatic carbocycles. The molecule has 0 saturated heterocycles. The number of hydrogen-bond donors (Lipinski definition) is 1. The van der Waals surface area contributed by atoms with Gasteiger partial charge in [-0.2, -0.15) is 0 Å². The highest BCUT2D eigenvalue weighted by atomic mass is 14.7. The average Bonchev–Trinajstić information content (AvgIpc) is 2.48. The average molecular weight is 175 g/mol. The standard InChI is InChI=1S/C12H17N/c1-4-11-7-10-5-8(2)9(3)6-12(10)13-11/h4,7-9,13H,1,5-6H2,2-3H3. The molecule has 1 aromatic rings. The summed E-state index contributed by atoms with van der Waals surface area (Å²) >= 11 is 0. The van der Waals surface area contributed by atoms with Crippen LogP contribution in [0, 0.1) is 11.8 Å². The third-order valence-electron chi connectivity index (χ3n) is 3.27. The van der Waals surface area contributed by atoms with Gasteiger partial charge in [0, 0.05) is 11.4 Å². The first-order chi connectivity index (χ1) is 6.20. The Morgan fingerprint density at radius 3 is 2.77 bits per heavy atom. The van der Waals surface area contributed by atoms with Gasteiger partial charge in [0.15, 0.2) is 0 Å². The number of aromatic nitrogens is 1. The van der Waals surface area contributed by atoms with E-state index in [4.69, 9.17) is 0 Å². The molecule has 0 bridgehead atoms. The van der Waals surface area contributed by atoms with E-state index in [1.54, 1.807) is 0 Å². The van der Waals surface area contributed by atoms with E-state index in [1.165, 1.54) is 29.8 Å². The van der Waals surface area contributed by atoms with E-state index in [9.17, 15) is 0 Å². The first-order valence-corrected chi connectivity index (χ1v) is 5.04. The van der Waals surface area contributed by atoms with Crippen LogP contribution in [0.4, 0.5) is 0 Å². The maximum absolute atomic E-state index is 3.78. The van der Waals surface area contributed by atoms with Crippen molar-refractivity contribution in [3.63, 3.8) is 0 Å². The zero-order valence-corrected chi connectivity index (χ0v) is 8.43. The number of nitrogens with one attached hydrogen (secondary N) is 1. The van der Waals surface area contributed by atoms with Gasteiger partial charge in [-0.05, 0) is 42.4 Å². The minimum Gasteiger partial charge on any atom is -0.359 e. The molecule has 1 heterocycles. The molecule has 0 fully saturated rings. The SMILES string of the molecule is C=Cc1cc2c([nH]1)CC(C)C(C)C2. The molecule has 0 amide bonds. The normalized spacial score (nSPS) is 26.9. The van der Waals surface area contributed by atoms with Crippen molar-refractivity contribution in [3.8, 4) is 0 Å². The fourth-order valence-corrected chi connectivity index (χ4v) is 2.11. The molecule has 1 aliphatic rings. The van der Waals surface area contributed by atoms with Gasteiger partial charge in [-0.3, -0.25) is 0 Å². The second-order valence-electron chi connectivity index (χ2n) is 4.30. The summed E-state index contributed by atoms with van der Waals surface area (Å²) in [6, 6.07) is 2.24. The Kier molecular flexibility index (Phi) is 2.03. The van der Waals surface area contributed by atoms with Crippen molar-refractivity contribution in [1.82, 2.24) is 4.98 Å². The van der Waals surface area contributed by atoms with Gasteiger partial charge in [-0.25, -0.2) is 0 Å². The van der Waals surface area contributed by atoms with Gasteiger partial charge < -0.3 is 4.98 Å². The van der Waals surface area contributed by atoms with Gasteiger partial charge in [0.25, 0.3) is 0 Å². The zero-order valence-electron chi connectivity index (χ0n) is 8.43. The summed E-state index contributed by atoms with van der Waals surface area (Å²) < 4.78 is 0. The van der Waals surface area contributed by atoms with Crippen molar-refractivity contribution in [2.75, 3.05) is 0 Å². The van der Waals surface area contributed by atoms with Gasteiger partial charge in [0.05, 0.1) is 0 Å². The van der Waals surface area contributed by atoms with Crippen molar-refractivity contribution in [2.45, 2.75) is 26.7 Å². The zero-order chi connectivity index (χ0) is 9.42. The van der Waals surface area contributed by atoms with Crippen LogP contribution < -0.4 is 0 Å². The highest BCUT2D eigenvalue weighted by Gasteiger charge is 2.22. The van der Waals surface area contributed by atoms with Crippen molar-refractivity contribution in [2.24, 2.45) is 11.8 Å². The van der Waals surface area contributed by atoms with Crippen LogP contribution in [0.3, 0.4) is 0 Å². The van der Waals surface area contributed by atoms with E-state index in [-0.39, 0.29) is 0 Å². The largest absolute Gasteiger partial charge is 0.359 e. The topological polar surface area (TPSA) is 15.8 Å². The van der Waals surface area contributed by atoms with Crippen LogP contribution in [-0.2, 0) is 12.8 Å². The van der Waals surface area contributed by atoms with E-state index in [0.29, 0.717) is 0 Å². The van der Waals surface area contributed by atoms with Crippen LogP contribution in [0.1, 0.15) is 30.8 Å². The Balaban J connectivity index is 2.34. The first-order valence-electron chi connectivity index (χ1n) is 5.04. The van der Waals surface area contributed by atoms with Crippen LogP contribution in [0.2, 0.25) is 0 Å². The van der Waals surface area contributed by atoms with Gasteiger partial charge >= 0.3 is 0 Å². The fourth-order valence-electron chi connectivity index (χ4n) is 2.11. The highest BCUT2D eigenvalue weighted by Crippen LogP contribution is 2.30. The van der Waals surface area contributed by atoms with Gasteiger partial charge in [-0.15, -0.1) is 0 Å². The number of rotatable bonds is 1. The third kappa shape index (κ3) is 1.43. The van der Waals surface area contributed by atoms with Gasteiger partial charge in [0.2, 0.25) is 0 Å². The number of fused-ring (bicyclic) bond motifs is 1. The highest BCUT2D eigenvalue weighted by molar-refractivity contribution is 5.46. The van der Waals surface area contributed by atoms with Crippen LogP contribution >= 0.6 is 0 Å². The van der Waals surface area contributed by atoms with Gasteiger partial charge in [0.1, 0.15) is 0 Å². The van der Waals surface area contributed by atoms with Crippen molar-refractivity contribution < 1.29 is 0 Å².